The minimum absolute atomic E-state index is 0.810. The van der Waals surface area contributed by atoms with Crippen molar-refractivity contribution < 1.29 is 0 Å². The Balaban J connectivity index is 1.94. The molecule has 84 valence electrons. The Labute approximate surface area is 100 Å². The predicted octanol–water partition coefficient (Wildman–Crippen LogP) is 3.42. The number of halogens is 1. The van der Waals surface area contributed by atoms with E-state index in [2.05, 4.69) is 22.1 Å². The van der Waals surface area contributed by atoms with Crippen LogP contribution in [-0.2, 0) is 6.54 Å². The molecule has 0 bridgehead atoms. The Hall–Kier alpha value is -0.990. The van der Waals surface area contributed by atoms with E-state index in [1.54, 1.807) is 0 Å². The highest BCUT2D eigenvalue weighted by molar-refractivity contribution is 6.35. The van der Waals surface area contributed by atoms with E-state index in [1.807, 2.05) is 12.1 Å². The first-order chi connectivity index (χ1) is 7.84. The molecule has 1 aromatic heterocycles. The summed E-state index contributed by atoms with van der Waals surface area (Å²) in [4.78, 5) is 5.78. The van der Waals surface area contributed by atoms with Gasteiger partial charge in [-0.05, 0) is 37.6 Å². The van der Waals surface area contributed by atoms with Crippen LogP contribution in [0.15, 0.2) is 24.4 Å². The summed E-state index contributed by atoms with van der Waals surface area (Å²) in [7, 11) is 0. The van der Waals surface area contributed by atoms with Gasteiger partial charge in [-0.3, -0.25) is 4.90 Å². The summed E-state index contributed by atoms with van der Waals surface area (Å²) < 4.78 is 0. The summed E-state index contributed by atoms with van der Waals surface area (Å²) in [6.07, 6.45) is 4.76. The van der Waals surface area contributed by atoms with E-state index in [-0.39, 0.29) is 0 Å². The average Bonchev–Trinajstić information content (AvgIpc) is 2.90. The Morgan fingerprint density at radius 3 is 2.88 bits per heavy atom. The number of likely N-dealkylation sites (tertiary alicyclic amines) is 1. The molecule has 0 amide bonds. The second-order valence-electron chi connectivity index (χ2n) is 4.46. The van der Waals surface area contributed by atoms with Crippen LogP contribution >= 0.6 is 11.6 Å². The van der Waals surface area contributed by atoms with Gasteiger partial charge in [0.15, 0.2) is 0 Å². The Morgan fingerprint density at radius 2 is 2.06 bits per heavy atom. The molecule has 2 nitrogen and oxygen atoms in total. The topological polar surface area (TPSA) is 19.0 Å². The van der Waals surface area contributed by atoms with Crippen LogP contribution in [0.3, 0.4) is 0 Å². The minimum atomic E-state index is 0.810. The maximum Gasteiger partial charge on any atom is 0.0647 e. The molecule has 2 heterocycles. The number of nitrogens with one attached hydrogen (secondary N) is 1. The van der Waals surface area contributed by atoms with Gasteiger partial charge in [0, 0.05) is 18.1 Å². The molecule has 2 aromatic rings. The number of nitrogens with zero attached hydrogens (tertiary/aromatic N) is 1. The number of hydrogen-bond acceptors (Lipinski definition) is 1. The van der Waals surface area contributed by atoms with Crippen molar-refractivity contribution in [1.82, 2.24) is 9.88 Å². The van der Waals surface area contributed by atoms with E-state index in [0.29, 0.717) is 0 Å². The predicted molar refractivity (Wildman–Crippen MR) is 67.8 cm³/mol. The number of benzene rings is 1. The first kappa shape index (κ1) is 10.2. The fourth-order valence-corrected chi connectivity index (χ4v) is 2.72. The third-order valence-corrected chi connectivity index (χ3v) is 3.66. The molecular formula is C13H15ClN2. The molecule has 0 unspecified atom stereocenters. The van der Waals surface area contributed by atoms with E-state index < -0.39 is 0 Å². The zero-order valence-electron chi connectivity index (χ0n) is 9.17. The first-order valence-electron chi connectivity index (χ1n) is 5.81. The van der Waals surface area contributed by atoms with Gasteiger partial charge in [-0.15, -0.1) is 0 Å². The summed E-state index contributed by atoms with van der Waals surface area (Å²) in [5, 5.41) is 2.07. The van der Waals surface area contributed by atoms with Gasteiger partial charge >= 0.3 is 0 Å². The molecule has 3 rings (SSSR count). The molecule has 0 aliphatic carbocycles. The largest absolute Gasteiger partial charge is 0.360 e. The summed E-state index contributed by atoms with van der Waals surface area (Å²) in [5.74, 6) is 0. The quantitative estimate of drug-likeness (QED) is 0.844. The average molecular weight is 235 g/mol. The molecule has 0 saturated carbocycles. The molecule has 0 radical (unpaired) electrons. The van der Waals surface area contributed by atoms with E-state index >= 15 is 0 Å². The van der Waals surface area contributed by atoms with Crippen molar-refractivity contribution in [3.05, 3.63) is 35.0 Å². The third-order valence-electron chi connectivity index (χ3n) is 3.34. The zero-order chi connectivity index (χ0) is 11.0. The van der Waals surface area contributed by atoms with Crippen LogP contribution < -0.4 is 0 Å². The maximum absolute atomic E-state index is 6.14. The highest BCUT2D eigenvalue weighted by Crippen LogP contribution is 2.26. The van der Waals surface area contributed by atoms with Gasteiger partial charge in [0.2, 0.25) is 0 Å². The third kappa shape index (κ3) is 1.72. The van der Waals surface area contributed by atoms with E-state index in [0.717, 1.165) is 17.1 Å². The van der Waals surface area contributed by atoms with Gasteiger partial charge in [-0.1, -0.05) is 23.7 Å². The number of aromatic nitrogens is 1. The second-order valence-corrected chi connectivity index (χ2v) is 4.87. The number of fused-ring (bicyclic) bond motifs is 1. The minimum Gasteiger partial charge on any atom is -0.360 e. The molecule has 1 N–H and O–H groups in total. The standard InChI is InChI=1S/C13H15ClN2/c14-12-5-3-4-11-10(8-15-13(11)12)9-16-6-1-2-7-16/h3-5,8,15H,1-2,6-7,9H2. The monoisotopic (exact) mass is 234 g/mol. The summed E-state index contributed by atoms with van der Waals surface area (Å²) in [5.41, 5.74) is 2.43. The normalized spacial score (nSPS) is 17.3. The number of H-pyrrole nitrogens is 1. The van der Waals surface area contributed by atoms with Crippen molar-refractivity contribution in [1.29, 1.82) is 0 Å². The first-order valence-corrected chi connectivity index (χ1v) is 6.19. The van der Waals surface area contributed by atoms with Crippen molar-refractivity contribution in [3.63, 3.8) is 0 Å². The molecule has 1 aromatic carbocycles. The van der Waals surface area contributed by atoms with E-state index in [9.17, 15) is 0 Å². The summed E-state index contributed by atoms with van der Waals surface area (Å²) >= 11 is 6.14. The van der Waals surface area contributed by atoms with Crippen molar-refractivity contribution in [3.8, 4) is 0 Å². The van der Waals surface area contributed by atoms with Crippen LogP contribution in [0.4, 0.5) is 0 Å². The molecule has 3 heteroatoms. The van der Waals surface area contributed by atoms with Crippen LogP contribution in [0, 0.1) is 0 Å². The lowest BCUT2D eigenvalue weighted by atomic mass is 10.1. The van der Waals surface area contributed by atoms with Crippen molar-refractivity contribution in [2.75, 3.05) is 13.1 Å². The Bertz CT molecular complexity index is 498. The molecular weight excluding hydrogens is 220 g/mol. The van der Waals surface area contributed by atoms with Crippen LogP contribution in [0.2, 0.25) is 5.02 Å². The van der Waals surface area contributed by atoms with Crippen LogP contribution in [0.1, 0.15) is 18.4 Å². The van der Waals surface area contributed by atoms with Crippen LogP contribution in [0.25, 0.3) is 10.9 Å². The second kappa shape index (κ2) is 4.11. The van der Waals surface area contributed by atoms with E-state index in [1.165, 1.54) is 36.9 Å². The summed E-state index contributed by atoms with van der Waals surface area (Å²) in [6, 6.07) is 6.09. The lowest BCUT2D eigenvalue weighted by Gasteiger charge is -2.13. The Kier molecular flexibility index (Phi) is 2.62. The number of rotatable bonds is 2. The molecule has 1 aliphatic heterocycles. The van der Waals surface area contributed by atoms with Crippen LogP contribution in [-0.4, -0.2) is 23.0 Å². The highest BCUT2D eigenvalue weighted by Gasteiger charge is 2.14. The molecule has 16 heavy (non-hydrogen) atoms. The number of para-hydroxylation sites is 1. The van der Waals surface area contributed by atoms with Gasteiger partial charge in [0.05, 0.1) is 10.5 Å². The fourth-order valence-electron chi connectivity index (χ4n) is 2.49. The van der Waals surface area contributed by atoms with Crippen LogP contribution in [0.5, 0.6) is 0 Å². The lowest BCUT2D eigenvalue weighted by molar-refractivity contribution is 0.332. The molecule has 1 saturated heterocycles. The number of hydrogen-bond donors (Lipinski definition) is 1. The lowest BCUT2D eigenvalue weighted by Crippen LogP contribution is -2.17. The number of aromatic amines is 1. The Morgan fingerprint density at radius 1 is 1.25 bits per heavy atom. The smallest absolute Gasteiger partial charge is 0.0647 e. The van der Waals surface area contributed by atoms with Gasteiger partial charge in [-0.2, -0.15) is 0 Å². The molecule has 1 fully saturated rings. The SMILES string of the molecule is Clc1cccc2c(CN3CCCC3)c[nH]c12. The van der Waals surface area contributed by atoms with Crippen molar-refractivity contribution >= 4 is 22.5 Å². The van der Waals surface area contributed by atoms with Crippen molar-refractivity contribution in [2.45, 2.75) is 19.4 Å². The van der Waals surface area contributed by atoms with Gasteiger partial charge in [-0.25, -0.2) is 0 Å². The maximum atomic E-state index is 6.14. The molecule has 1 aliphatic rings. The molecule has 0 spiro atoms. The molecule has 0 atom stereocenters. The highest BCUT2D eigenvalue weighted by atomic mass is 35.5. The summed E-state index contributed by atoms with van der Waals surface area (Å²) in [6.45, 7) is 3.50. The van der Waals surface area contributed by atoms with Gasteiger partial charge in [0.25, 0.3) is 0 Å². The zero-order valence-corrected chi connectivity index (χ0v) is 9.93. The fraction of sp³-hybridized carbons (Fsp3) is 0.385. The van der Waals surface area contributed by atoms with Gasteiger partial charge in [0.1, 0.15) is 0 Å². The van der Waals surface area contributed by atoms with E-state index in [4.69, 9.17) is 11.6 Å². The van der Waals surface area contributed by atoms with Gasteiger partial charge < -0.3 is 4.98 Å². The van der Waals surface area contributed by atoms with Crippen molar-refractivity contribution in [2.24, 2.45) is 0 Å².